The molecule has 1 aromatic heterocycles. The zero-order valence-corrected chi connectivity index (χ0v) is 18.7. The Bertz CT molecular complexity index is 1190. The molecular weight excluding hydrogens is 400 g/mol. The maximum atomic E-state index is 13.5. The minimum Gasteiger partial charge on any atom is -0.384 e. The molecule has 5 rings (SSSR count). The van der Waals surface area contributed by atoms with E-state index in [-0.39, 0.29) is 11.9 Å². The minimum atomic E-state index is 0.0328. The van der Waals surface area contributed by atoms with Crippen LogP contribution in [0.1, 0.15) is 50.1 Å². The van der Waals surface area contributed by atoms with Gasteiger partial charge in [0.25, 0.3) is 0 Å². The number of rotatable bonds is 7. The number of para-hydroxylation sites is 1. The molecule has 0 radical (unpaired) electrons. The molecule has 1 saturated carbocycles. The first-order valence-corrected chi connectivity index (χ1v) is 11.4. The molecule has 0 spiro atoms. The van der Waals surface area contributed by atoms with Gasteiger partial charge in [-0.05, 0) is 55.0 Å². The number of imidazole rings is 1. The molecule has 1 aliphatic carbocycles. The van der Waals surface area contributed by atoms with Crippen LogP contribution in [0.4, 0.5) is 10.5 Å². The lowest BCUT2D eigenvalue weighted by Crippen LogP contribution is -2.48. The fourth-order valence-corrected chi connectivity index (χ4v) is 4.49. The van der Waals surface area contributed by atoms with Crippen LogP contribution in [0.2, 0.25) is 0 Å². The van der Waals surface area contributed by atoms with Gasteiger partial charge in [-0.2, -0.15) is 0 Å². The largest absolute Gasteiger partial charge is 0.384 e. The Morgan fingerprint density at radius 1 is 1.22 bits per heavy atom. The molecular formula is C25H30N6O. The molecule has 7 nitrogen and oxygen atoms in total. The van der Waals surface area contributed by atoms with Gasteiger partial charge in [-0.15, -0.1) is 0 Å². The highest BCUT2D eigenvalue weighted by molar-refractivity contribution is 5.98. The van der Waals surface area contributed by atoms with Gasteiger partial charge in [0.05, 0.1) is 23.3 Å². The third kappa shape index (κ3) is 3.72. The smallest absolute Gasteiger partial charge is 0.325 e. The molecule has 1 fully saturated rings. The van der Waals surface area contributed by atoms with E-state index in [1.807, 2.05) is 46.2 Å². The summed E-state index contributed by atoms with van der Waals surface area (Å²) in [6, 6.07) is 14.3. The SMILES string of the molecule is CC(C)CCn1c(CN2C(=O)N(C3CC3)Cc3ccccc32)nc2cc(C(=N)N)ccc21. The number of amidine groups is 1. The molecule has 3 aromatic rings. The maximum Gasteiger partial charge on any atom is 0.325 e. The number of nitrogen functional groups attached to an aromatic ring is 1. The summed E-state index contributed by atoms with van der Waals surface area (Å²) in [4.78, 5) is 22.3. The minimum absolute atomic E-state index is 0.0328. The molecule has 0 saturated heterocycles. The zero-order valence-electron chi connectivity index (χ0n) is 18.7. The number of aromatic nitrogens is 2. The number of nitrogens with one attached hydrogen (secondary N) is 1. The van der Waals surface area contributed by atoms with E-state index in [0.29, 0.717) is 30.6 Å². The summed E-state index contributed by atoms with van der Waals surface area (Å²) in [5, 5.41) is 7.77. The van der Waals surface area contributed by atoms with Gasteiger partial charge in [-0.3, -0.25) is 10.3 Å². The first-order chi connectivity index (χ1) is 15.4. The highest BCUT2D eigenvalue weighted by Crippen LogP contribution is 2.37. The second-order valence-corrected chi connectivity index (χ2v) is 9.34. The Morgan fingerprint density at radius 2 is 2.00 bits per heavy atom. The Morgan fingerprint density at radius 3 is 2.72 bits per heavy atom. The molecule has 166 valence electrons. The number of anilines is 1. The molecule has 7 heteroatoms. The van der Waals surface area contributed by atoms with Crippen molar-refractivity contribution in [1.82, 2.24) is 14.5 Å². The molecule has 32 heavy (non-hydrogen) atoms. The zero-order chi connectivity index (χ0) is 22.4. The molecule has 0 atom stereocenters. The van der Waals surface area contributed by atoms with Gasteiger partial charge in [-0.1, -0.05) is 32.0 Å². The molecule has 0 unspecified atom stereocenters. The third-order valence-corrected chi connectivity index (χ3v) is 6.46. The average molecular weight is 431 g/mol. The van der Waals surface area contributed by atoms with Gasteiger partial charge in [-0.25, -0.2) is 9.78 Å². The summed E-state index contributed by atoms with van der Waals surface area (Å²) in [6.45, 7) is 6.36. The Hall–Kier alpha value is -3.35. The van der Waals surface area contributed by atoms with Crippen LogP contribution < -0.4 is 10.6 Å². The van der Waals surface area contributed by atoms with E-state index in [1.54, 1.807) is 0 Å². The maximum absolute atomic E-state index is 13.5. The lowest BCUT2D eigenvalue weighted by Gasteiger charge is -2.37. The third-order valence-electron chi connectivity index (χ3n) is 6.46. The molecule has 2 amide bonds. The van der Waals surface area contributed by atoms with Crippen molar-refractivity contribution < 1.29 is 4.79 Å². The molecule has 1 aliphatic heterocycles. The van der Waals surface area contributed by atoms with Crippen molar-refractivity contribution in [2.45, 2.75) is 58.8 Å². The lowest BCUT2D eigenvalue weighted by atomic mass is 10.1. The van der Waals surface area contributed by atoms with Crippen LogP contribution in [0.5, 0.6) is 0 Å². The van der Waals surface area contributed by atoms with Gasteiger partial charge in [0.1, 0.15) is 11.7 Å². The number of carbonyl (C=O) groups is 1. The van der Waals surface area contributed by atoms with Gasteiger partial charge in [0.2, 0.25) is 0 Å². The monoisotopic (exact) mass is 430 g/mol. The van der Waals surface area contributed by atoms with Crippen molar-refractivity contribution in [2.75, 3.05) is 4.90 Å². The van der Waals surface area contributed by atoms with Crippen LogP contribution in [-0.4, -0.2) is 32.4 Å². The summed E-state index contributed by atoms with van der Waals surface area (Å²) in [5.41, 5.74) is 10.4. The van der Waals surface area contributed by atoms with Crippen LogP contribution in [0.3, 0.4) is 0 Å². The molecule has 0 bridgehead atoms. The number of nitrogens with zero attached hydrogens (tertiary/aromatic N) is 4. The number of aryl methyl sites for hydroxylation is 1. The standard InChI is InChI=1S/C25H30N6O/c1-16(2)11-12-29-22-10-7-17(24(26)27)13-20(22)28-23(29)15-31-21-6-4-3-5-18(21)14-30(25(31)32)19-8-9-19/h3-7,10,13,16,19H,8-9,11-12,14-15H2,1-2H3,(H3,26,27). The Balaban J connectivity index is 1.56. The number of nitrogens with two attached hydrogens (primary N) is 1. The fourth-order valence-electron chi connectivity index (χ4n) is 4.49. The number of benzene rings is 2. The number of hydrogen-bond acceptors (Lipinski definition) is 3. The first kappa shape index (κ1) is 20.5. The van der Waals surface area contributed by atoms with Crippen molar-refractivity contribution in [2.24, 2.45) is 11.7 Å². The number of carbonyl (C=O) groups excluding carboxylic acids is 1. The number of amides is 2. The first-order valence-electron chi connectivity index (χ1n) is 11.4. The summed E-state index contributed by atoms with van der Waals surface area (Å²) in [7, 11) is 0. The van der Waals surface area contributed by atoms with Gasteiger partial charge in [0.15, 0.2) is 0 Å². The van der Waals surface area contributed by atoms with Crippen molar-refractivity contribution in [3.63, 3.8) is 0 Å². The Kier molecular flexibility index (Phi) is 5.12. The molecule has 2 heterocycles. The van der Waals surface area contributed by atoms with E-state index in [0.717, 1.165) is 48.4 Å². The van der Waals surface area contributed by atoms with E-state index in [4.69, 9.17) is 16.1 Å². The van der Waals surface area contributed by atoms with Crippen molar-refractivity contribution >= 4 is 28.6 Å². The second kappa shape index (κ2) is 7.97. The fraction of sp³-hybridized carbons (Fsp3) is 0.400. The van der Waals surface area contributed by atoms with Crippen LogP contribution in [0.15, 0.2) is 42.5 Å². The topological polar surface area (TPSA) is 91.2 Å². The van der Waals surface area contributed by atoms with E-state index < -0.39 is 0 Å². The van der Waals surface area contributed by atoms with Crippen molar-refractivity contribution in [1.29, 1.82) is 5.41 Å². The van der Waals surface area contributed by atoms with Gasteiger partial charge in [0, 0.05) is 24.7 Å². The molecule has 2 aliphatic rings. The van der Waals surface area contributed by atoms with Gasteiger partial charge < -0.3 is 15.2 Å². The van der Waals surface area contributed by atoms with E-state index >= 15 is 0 Å². The summed E-state index contributed by atoms with van der Waals surface area (Å²) in [5.74, 6) is 1.45. The normalized spacial score (nSPS) is 16.2. The summed E-state index contributed by atoms with van der Waals surface area (Å²) in [6.07, 6.45) is 3.19. The predicted octanol–water partition coefficient (Wildman–Crippen LogP) is 4.47. The van der Waals surface area contributed by atoms with Crippen LogP contribution in [0, 0.1) is 11.3 Å². The lowest BCUT2D eigenvalue weighted by molar-refractivity contribution is 0.194. The average Bonchev–Trinajstić information content (AvgIpc) is 3.55. The van der Waals surface area contributed by atoms with Crippen LogP contribution >= 0.6 is 0 Å². The highest BCUT2D eigenvalue weighted by Gasteiger charge is 2.39. The van der Waals surface area contributed by atoms with Gasteiger partial charge >= 0.3 is 6.03 Å². The number of fused-ring (bicyclic) bond motifs is 2. The van der Waals surface area contributed by atoms with E-state index in [9.17, 15) is 4.79 Å². The Labute approximate surface area is 188 Å². The van der Waals surface area contributed by atoms with E-state index in [2.05, 4.69) is 24.5 Å². The highest BCUT2D eigenvalue weighted by atomic mass is 16.2. The van der Waals surface area contributed by atoms with E-state index in [1.165, 1.54) is 5.56 Å². The van der Waals surface area contributed by atoms with Crippen molar-refractivity contribution in [3.8, 4) is 0 Å². The summed E-state index contributed by atoms with van der Waals surface area (Å²) < 4.78 is 2.23. The van der Waals surface area contributed by atoms with Crippen molar-refractivity contribution in [3.05, 3.63) is 59.4 Å². The molecule has 3 N–H and O–H groups in total. The molecule has 2 aromatic carbocycles. The second-order valence-electron chi connectivity index (χ2n) is 9.34. The van der Waals surface area contributed by atoms with Crippen LogP contribution in [-0.2, 0) is 19.6 Å². The quantitative estimate of drug-likeness (QED) is 0.428. The number of urea groups is 1. The predicted molar refractivity (Wildman–Crippen MR) is 127 cm³/mol. The number of hydrogen-bond donors (Lipinski definition) is 2. The van der Waals surface area contributed by atoms with Crippen LogP contribution in [0.25, 0.3) is 11.0 Å². The summed E-state index contributed by atoms with van der Waals surface area (Å²) >= 11 is 0.